The molecule has 1 fully saturated rings. The number of sulfonamides is 1. The van der Waals surface area contributed by atoms with Crippen molar-refractivity contribution in [3.8, 4) is 0 Å². The number of carboxylic acid groups (broad SMARTS) is 1. The van der Waals surface area contributed by atoms with E-state index in [1.807, 2.05) is 0 Å². The number of aliphatic carboxylic acids is 1. The highest BCUT2D eigenvalue weighted by Gasteiger charge is 2.39. The largest absolute Gasteiger partial charge is 0.480 e. The number of nitrogens with one attached hydrogen (secondary N) is 1. The molecule has 2 N–H and O–H groups in total. The van der Waals surface area contributed by atoms with E-state index in [1.54, 1.807) is 13.8 Å². The normalized spacial score (nSPS) is 19.9. The average molecular weight is 386 g/mol. The van der Waals surface area contributed by atoms with Gasteiger partial charge in [-0.05, 0) is 43.0 Å². The summed E-state index contributed by atoms with van der Waals surface area (Å²) < 4.78 is 39.9. The van der Waals surface area contributed by atoms with Crippen LogP contribution < -0.4 is 5.32 Å². The van der Waals surface area contributed by atoms with Crippen LogP contribution in [0, 0.1) is 11.7 Å². The van der Waals surface area contributed by atoms with Crippen LogP contribution in [-0.4, -0.2) is 48.3 Å². The molecular weight excluding hydrogens is 363 g/mol. The van der Waals surface area contributed by atoms with Crippen LogP contribution in [-0.2, 0) is 19.6 Å². The summed E-state index contributed by atoms with van der Waals surface area (Å²) in [5.74, 6) is -2.70. The number of hydrogen-bond donors (Lipinski definition) is 2. The van der Waals surface area contributed by atoms with Gasteiger partial charge in [0.1, 0.15) is 17.9 Å². The lowest BCUT2D eigenvalue weighted by Gasteiger charge is -2.34. The smallest absolute Gasteiger partial charge is 0.326 e. The Labute approximate surface area is 152 Å². The third-order valence-electron chi connectivity index (χ3n) is 4.41. The first-order valence-corrected chi connectivity index (χ1v) is 9.89. The van der Waals surface area contributed by atoms with Crippen LogP contribution in [0.1, 0.15) is 33.1 Å². The highest BCUT2D eigenvalue weighted by Crippen LogP contribution is 2.26. The lowest BCUT2D eigenvalue weighted by atomic mass is 10.0. The molecule has 1 heterocycles. The third kappa shape index (κ3) is 4.39. The quantitative estimate of drug-likeness (QED) is 0.773. The third-order valence-corrected chi connectivity index (χ3v) is 6.33. The van der Waals surface area contributed by atoms with Crippen LogP contribution in [0.15, 0.2) is 29.2 Å². The Morgan fingerprint density at radius 1 is 1.23 bits per heavy atom. The van der Waals surface area contributed by atoms with Crippen LogP contribution >= 0.6 is 0 Å². The Hall–Kier alpha value is -2.00. The molecule has 9 heteroatoms. The molecule has 2 atom stereocenters. The van der Waals surface area contributed by atoms with Crippen molar-refractivity contribution in [2.75, 3.05) is 6.54 Å². The van der Waals surface area contributed by atoms with E-state index in [0.717, 1.165) is 28.6 Å². The number of halogens is 1. The number of amides is 1. The summed E-state index contributed by atoms with van der Waals surface area (Å²) in [6, 6.07) is 2.32. The van der Waals surface area contributed by atoms with Gasteiger partial charge in [-0.15, -0.1) is 0 Å². The van der Waals surface area contributed by atoms with Crippen molar-refractivity contribution in [3.63, 3.8) is 0 Å². The molecular formula is C17H23FN2O5S. The number of carbonyl (C=O) groups is 2. The zero-order valence-electron chi connectivity index (χ0n) is 14.7. The number of nitrogens with zero attached hydrogens (tertiary/aromatic N) is 1. The summed E-state index contributed by atoms with van der Waals surface area (Å²) in [6.45, 7) is 3.47. The molecule has 0 radical (unpaired) electrons. The molecule has 1 amide bonds. The van der Waals surface area contributed by atoms with E-state index in [0.29, 0.717) is 19.3 Å². The summed E-state index contributed by atoms with van der Waals surface area (Å²) in [5, 5.41) is 11.7. The van der Waals surface area contributed by atoms with Crippen LogP contribution in [0.5, 0.6) is 0 Å². The SMILES string of the molecule is CC(C)[C@H](NC(=O)[C@H]1CCCCN1S(=O)(=O)c1ccc(F)cc1)C(=O)O. The first-order chi connectivity index (χ1) is 12.1. The van der Waals surface area contributed by atoms with Gasteiger partial charge in [0, 0.05) is 6.54 Å². The van der Waals surface area contributed by atoms with E-state index in [1.165, 1.54) is 0 Å². The monoisotopic (exact) mass is 386 g/mol. The molecule has 144 valence electrons. The Morgan fingerprint density at radius 2 is 1.85 bits per heavy atom. The van der Waals surface area contributed by atoms with Crippen molar-refractivity contribution in [2.45, 2.75) is 50.1 Å². The molecule has 0 unspecified atom stereocenters. The molecule has 26 heavy (non-hydrogen) atoms. The second-order valence-electron chi connectivity index (χ2n) is 6.65. The summed E-state index contributed by atoms with van der Waals surface area (Å²) in [6.07, 6.45) is 1.56. The van der Waals surface area contributed by atoms with Gasteiger partial charge in [-0.25, -0.2) is 17.6 Å². The molecule has 1 aromatic rings. The average Bonchev–Trinajstić information content (AvgIpc) is 2.59. The molecule has 2 rings (SSSR count). The molecule has 0 aromatic heterocycles. The molecule has 7 nitrogen and oxygen atoms in total. The lowest BCUT2D eigenvalue weighted by Crippen LogP contribution is -2.55. The minimum Gasteiger partial charge on any atom is -0.480 e. The van der Waals surface area contributed by atoms with Crippen molar-refractivity contribution in [2.24, 2.45) is 5.92 Å². The van der Waals surface area contributed by atoms with E-state index in [9.17, 15) is 27.5 Å². The zero-order chi connectivity index (χ0) is 19.5. The van der Waals surface area contributed by atoms with E-state index < -0.39 is 39.8 Å². The van der Waals surface area contributed by atoms with Crippen molar-refractivity contribution in [3.05, 3.63) is 30.1 Å². The van der Waals surface area contributed by atoms with Crippen LogP contribution in [0.25, 0.3) is 0 Å². The number of hydrogen-bond acceptors (Lipinski definition) is 4. The standard InChI is InChI=1S/C17H23FN2O5S/c1-11(2)15(17(22)23)19-16(21)14-5-3-4-10-20(14)26(24,25)13-8-6-12(18)7-9-13/h6-9,11,14-15H,3-5,10H2,1-2H3,(H,19,21)(H,22,23)/t14-,15+/m1/s1. The van der Waals surface area contributed by atoms with E-state index >= 15 is 0 Å². The van der Waals surface area contributed by atoms with Crippen molar-refractivity contribution in [1.82, 2.24) is 9.62 Å². The highest BCUT2D eigenvalue weighted by atomic mass is 32.2. The fourth-order valence-corrected chi connectivity index (χ4v) is 4.62. The lowest BCUT2D eigenvalue weighted by molar-refractivity contribution is -0.143. The van der Waals surface area contributed by atoms with Gasteiger partial charge in [-0.2, -0.15) is 4.31 Å². The number of rotatable bonds is 6. The maximum atomic E-state index is 13.1. The maximum absolute atomic E-state index is 13.1. The summed E-state index contributed by atoms with van der Waals surface area (Å²) in [7, 11) is -3.99. The molecule has 0 saturated carbocycles. The topological polar surface area (TPSA) is 104 Å². The van der Waals surface area contributed by atoms with Gasteiger partial charge in [0.15, 0.2) is 0 Å². The van der Waals surface area contributed by atoms with Crippen LogP contribution in [0.3, 0.4) is 0 Å². The molecule has 0 aliphatic carbocycles. The molecule has 1 aromatic carbocycles. The van der Waals surface area contributed by atoms with Crippen molar-refractivity contribution in [1.29, 1.82) is 0 Å². The predicted molar refractivity (Wildman–Crippen MR) is 92.3 cm³/mol. The van der Waals surface area contributed by atoms with Crippen LogP contribution in [0.2, 0.25) is 0 Å². The molecule has 1 saturated heterocycles. The molecule has 0 bridgehead atoms. The predicted octanol–water partition coefficient (Wildman–Crippen LogP) is 1.59. The molecule has 1 aliphatic heterocycles. The van der Waals surface area contributed by atoms with Gasteiger partial charge < -0.3 is 10.4 Å². The summed E-state index contributed by atoms with van der Waals surface area (Å²) in [4.78, 5) is 23.8. The fourth-order valence-electron chi connectivity index (χ4n) is 2.96. The number of benzene rings is 1. The fraction of sp³-hybridized carbons (Fsp3) is 0.529. The van der Waals surface area contributed by atoms with Gasteiger partial charge in [-0.1, -0.05) is 20.3 Å². The van der Waals surface area contributed by atoms with E-state index in [4.69, 9.17) is 0 Å². The Kier molecular flexibility index (Phi) is 6.35. The Morgan fingerprint density at radius 3 is 2.38 bits per heavy atom. The number of carboxylic acids is 1. The van der Waals surface area contributed by atoms with Crippen molar-refractivity contribution >= 4 is 21.9 Å². The van der Waals surface area contributed by atoms with Crippen molar-refractivity contribution < 1.29 is 27.5 Å². The first kappa shape index (κ1) is 20.3. The van der Waals surface area contributed by atoms with Gasteiger partial charge in [0.05, 0.1) is 4.90 Å². The minimum atomic E-state index is -3.99. The second kappa shape index (κ2) is 8.13. The van der Waals surface area contributed by atoms with Gasteiger partial charge in [0.25, 0.3) is 0 Å². The van der Waals surface area contributed by atoms with E-state index in [-0.39, 0.29) is 17.4 Å². The zero-order valence-corrected chi connectivity index (χ0v) is 15.5. The summed E-state index contributed by atoms with van der Waals surface area (Å²) >= 11 is 0. The first-order valence-electron chi connectivity index (χ1n) is 8.45. The van der Waals surface area contributed by atoms with Crippen LogP contribution in [0.4, 0.5) is 4.39 Å². The number of carbonyl (C=O) groups excluding carboxylic acids is 1. The van der Waals surface area contributed by atoms with E-state index in [2.05, 4.69) is 5.32 Å². The second-order valence-corrected chi connectivity index (χ2v) is 8.54. The Balaban J connectivity index is 2.27. The minimum absolute atomic E-state index is 0.0998. The molecule has 1 aliphatic rings. The summed E-state index contributed by atoms with van der Waals surface area (Å²) in [5.41, 5.74) is 0. The molecule has 0 spiro atoms. The van der Waals surface area contributed by atoms with Gasteiger partial charge in [0.2, 0.25) is 15.9 Å². The maximum Gasteiger partial charge on any atom is 0.326 e. The Bertz CT molecular complexity index is 764. The van der Waals surface area contributed by atoms with Gasteiger partial charge in [-0.3, -0.25) is 4.79 Å². The van der Waals surface area contributed by atoms with Gasteiger partial charge >= 0.3 is 5.97 Å². The highest BCUT2D eigenvalue weighted by molar-refractivity contribution is 7.89. The number of piperidine rings is 1.